The second-order valence-electron chi connectivity index (χ2n) is 6.94. The summed E-state index contributed by atoms with van der Waals surface area (Å²) in [5.41, 5.74) is 5.49. The van der Waals surface area contributed by atoms with Gasteiger partial charge in [0.2, 0.25) is 0 Å². The average Bonchev–Trinajstić information content (AvgIpc) is 3.00. The highest BCUT2D eigenvalue weighted by Crippen LogP contribution is 2.17. The fourth-order valence-corrected chi connectivity index (χ4v) is 3.26. The summed E-state index contributed by atoms with van der Waals surface area (Å²) in [5.74, 6) is -0.225. The van der Waals surface area contributed by atoms with Crippen molar-refractivity contribution in [3.8, 4) is 0 Å². The minimum absolute atomic E-state index is 0.154. The molecule has 3 rings (SSSR count). The Morgan fingerprint density at radius 2 is 1.81 bits per heavy atom. The SMILES string of the molecule is Cc1cc(C)cc(C(O)CNC(=O)c2cnn(C)c2Cc2ccccc2)c1. The van der Waals surface area contributed by atoms with Crippen molar-refractivity contribution in [3.63, 3.8) is 0 Å². The topological polar surface area (TPSA) is 67.2 Å². The number of nitrogens with one attached hydrogen (secondary N) is 1. The summed E-state index contributed by atoms with van der Waals surface area (Å²) >= 11 is 0. The lowest BCUT2D eigenvalue weighted by molar-refractivity contribution is 0.0915. The molecular weight excluding hydrogens is 338 g/mol. The zero-order chi connectivity index (χ0) is 19.4. The van der Waals surface area contributed by atoms with Crippen molar-refractivity contribution in [2.75, 3.05) is 6.54 Å². The van der Waals surface area contributed by atoms with E-state index in [-0.39, 0.29) is 12.5 Å². The molecule has 0 aliphatic rings. The Morgan fingerprint density at radius 1 is 1.15 bits per heavy atom. The van der Waals surface area contributed by atoms with Crippen LogP contribution in [0.5, 0.6) is 0 Å². The van der Waals surface area contributed by atoms with E-state index in [0.29, 0.717) is 12.0 Å². The van der Waals surface area contributed by atoms with E-state index >= 15 is 0 Å². The van der Waals surface area contributed by atoms with Crippen molar-refractivity contribution in [3.05, 3.63) is 88.2 Å². The first-order valence-electron chi connectivity index (χ1n) is 9.03. The molecule has 3 aromatic rings. The van der Waals surface area contributed by atoms with Crippen LogP contribution in [0.15, 0.2) is 54.7 Å². The molecule has 1 atom stereocenters. The highest BCUT2D eigenvalue weighted by atomic mass is 16.3. The second-order valence-corrected chi connectivity index (χ2v) is 6.94. The van der Waals surface area contributed by atoms with Crippen molar-refractivity contribution in [2.24, 2.45) is 7.05 Å². The van der Waals surface area contributed by atoms with Crippen molar-refractivity contribution in [1.82, 2.24) is 15.1 Å². The fraction of sp³-hybridized carbons (Fsp3) is 0.273. The van der Waals surface area contributed by atoms with E-state index in [1.54, 1.807) is 10.9 Å². The molecule has 0 aliphatic heterocycles. The summed E-state index contributed by atoms with van der Waals surface area (Å²) in [6, 6.07) is 15.9. The maximum absolute atomic E-state index is 12.7. The molecule has 0 spiro atoms. The highest BCUT2D eigenvalue weighted by Gasteiger charge is 2.18. The Labute approximate surface area is 159 Å². The van der Waals surface area contributed by atoms with Gasteiger partial charge in [0.05, 0.1) is 23.6 Å². The molecule has 5 heteroatoms. The van der Waals surface area contributed by atoms with Gasteiger partial charge in [0.1, 0.15) is 0 Å². The van der Waals surface area contributed by atoms with Gasteiger partial charge in [-0.05, 0) is 25.0 Å². The van der Waals surface area contributed by atoms with E-state index in [1.165, 1.54) is 0 Å². The van der Waals surface area contributed by atoms with Gasteiger partial charge in [-0.15, -0.1) is 0 Å². The molecule has 0 aliphatic carbocycles. The van der Waals surface area contributed by atoms with Crippen molar-refractivity contribution < 1.29 is 9.90 Å². The zero-order valence-electron chi connectivity index (χ0n) is 15.9. The molecule has 5 nitrogen and oxygen atoms in total. The number of nitrogens with zero attached hydrogens (tertiary/aromatic N) is 2. The van der Waals surface area contributed by atoms with E-state index in [9.17, 15) is 9.90 Å². The molecule has 0 bridgehead atoms. The van der Waals surface area contributed by atoms with Gasteiger partial charge >= 0.3 is 0 Å². The van der Waals surface area contributed by atoms with Crippen LogP contribution in [-0.4, -0.2) is 27.3 Å². The van der Waals surface area contributed by atoms with Crippen LogP contribution >= 0.6 is 0 Å². The lowest BCUT2D eigenvalue weighted by atomic mass is 10.0. The first kappa shape index (κ1) is 18.9. The van der Waals surface area contributed by atoms with Gasteiger partial charge in [0.15, 0.2) is 0 Å². The number of aliphatic hydroxyl groups excluding tert-OH is 1. The summed E-state index contributed by atoms with van der Waals surface area (Å²) in [6.45, 7) is 4.14. The summed E-state index contributed by atoms with van der Waals surface area (Å²) in [5, 5.41) is 17.5. The molecule has 2 N–H and O–H groups in total. The highest BCUT2D eigenvalue weighted by molar-refractivity contribution is 5.95. The van der Waals surface area contributed by atoms with Gasteiger partial charge in [0.25, 0.3) is 5.91 Å². The second kappa shape index (κ2) is 8.18. The summed E-state index contributed by atoms with van der Waals surface area (Å²) in [7, 11) is 1.83. The van der Waals surface area contributed by atoms with Crippen molar-refractivity contribution in [1.29, 1.82) is 0 Å². The molecule has 2 aromatic carbocycles. The molecule has 0 radical (unpaired) electrons. The van der Waals surface area contributed by atoms with E-state index in [4.69, 9.17) is 0 Å². The Kier molecular flexibility index (Phi) is 5.72. The summed E-state index contributed by atoms with van der Waals surface area (Å²) in [4.78, 5) is 12.7. The van der Waals surface area contributed by atoms with Crippen molar-refractivity contribution in [2.45, 2.75) is 26.4 Å². The molecule has 1 amide bonds. The molecule has 0 saturated carbocycles. The first-order valence-corrected chi connectivity index (χ1v) is 9.03. The molecule has 1 unspecified atom stereocenters. The van der Waals surface area contributed by atoms with Crippen molar-refractivity contribution >= 4 is 5.91 Å². The van der Waals surface area contributed by atoms with Gasteiger partial charge in [-0.2, -0.15) is 5.10 Å². The van der Waals surface area contributed by atoms with Crippen LogP contribution in [0.3, 0.4) is 0 Å². The van der Waals surface area contributed by atoms with Gasteiger partial charge in [-0.3, -0.25) is 9.48 Å². The molecule has 1 heterocycles. The quantitative estimate of drug-likeness (QED) is 0.707. The Morgan fingerprint density at radius 3 is 2.48 bits per heavy atom. The number of amides is 1. The number of carbonyl (C=O) groups is 1. The molecule has 0 saturated heterocycles. The molecule has 0 fully saturated rings. The van der Waals surface area contributed by atoms with E-state index in [0.717, 1.165) is 27.9 Å². The van der Waals surface area contributed by atoms with E-state index in [2.05, 4.69) is 16.5 Å². The lowest BCUT2D eigenvalue weighted by Crippen LogP contribution is -2.29. The van der Waals surface area contributed by atoms with Crippen LogP contribution in [0.25, 0.3) is 0 Å². The molecular formula is C22H25N3O2. The number of hydrogen-bond donors (Lipinski definition) is 2. The molecule has 140 valence electrons. The maximum Gasteiger partial charge on any atom is 0.254 e. The molecule has 1 aromatic heterocycles. The van der Waals surface area contributed by atoms with Crippen LogP contribution in [0.2, 0.25) is 0 Å². The number of benzene rings is 2. The van der Waals surface area contributed by atoms with Gasteiger partial charge < -0.3 is 10.4 Å². The smallest absolute Gasteiger partial charge is 0.254 e. The Hall–Kier alpha value is -2.92. The lowest BCUT2D eigenvalue weighted by Gasteiger charge is -2.14. The predicted molar refractivity (Wildman–Crippen MR) is 106 cm³/mol. The molecule has 27 heavy (non-hydrogen) atoms. The van der Waals surface area contributed by atoms with Gasteiger partial charge in [-0.1, -0.05) is 59.7 Å². The van der Waals surface area contributed by atoms with Crippen LogP contribution in [0.1, 0.15) is 44.4 Å². The third-order valence-electron chi connectivity index (χ3n) is 4.61. The minimum atomic E-state index is -0.748. The maximum atomic E-state index is 12.7. The predicted octanol–water partition coefficient (Wildman–Crippen LogP) is 3.09. The minimum Gasteiger partial charge on any atom is -0.387 e. The van der Waals surface area contributed by atoms with E-state index < -0.39 is 6.10 Å². The summed E-state index contributed by atoms with van der Waals surface area (Å²) < 4.78 is 1.72. The number of hydrogen-bond acceptors (Lipinski definition) is 3. The number of rotatable bonds is 6. The number of aryl methyl sites for hydroxylation is 3. The Balaban J connectivity index is 1.69. The van der Waals surface area contributed by atoms with E-state index in [1.807, 2.05) is 63.4 Å². The third kappa shape index (κ3) is 4.63. The number of carbonyl (C=O) groups excluding carboxylic acids is 1. The standard InChI is InChI=1S/C22H25N3O2/c1-15-9-16(2)11-18(10-15)21(26)14-23-22(27)19-13-24-25(3)20(19)12-17-7-5-4-6-8-17/h4-11,13,21,26H,12,14H2,1-3H3,(H,23,27). The Bertz CT molecular complexity index is 912. The van der Waals surface area contributed by atoms with Crippen LogP contribution in [-0.2, 0) is 13.5 Å². The monoisotopic (exact) mass is 363 g/mol. The van der Waals surface area contributed by atoms with Crippen LogP contribution in [0.4, 0.5) is 0 Å². The van der Waals surface area contributed by atoms with Gasteiger partial charge in [-0.25, -0.2) is 0 Å². The summed E-state index contributed by atoms with van der Waals surface area (Å²) in [6.07, 6.45) is 1.46. The van der Waals surface area contributed by atoms with Crippen LogP contribution < -0.4 is 5.32 Å². The normalized spacial score (nSPS) is 12.0. The van der Waals surface area contributed by atoms with Crippen LogP contribution in [0, 0.1) is 13.8 Å². The largest absolute Gasteiger partial charge is 0.387 e. The number of aromatic nitrogens is 2. The zero-order valence-corrected chi connectivity index (χ0v) is 15.9. The first-order chi connectivity index (χ1) is 12.9. The van der Waals surface area contributed by atoms with Gasteiger partial charge in [0, 0.05) is 20.0 Å². The fourth-order valence-electron chi connectivity index (χ4n) is 3.26. The average molecular weight is 363 g/mol. The third-order valence-corrected chi connectivity index (χ3v) is 4.61. The number of aliphatic hydroxyl groups is 1.